The van der Waals surface area contributed by atoms with Gasteiger partial charge in [-0.3, -0.25) is 4.98 Å². The highest BCUT2D eigenvalue weighted by molar-refractivity contribution is 5.51. The second kappa shape index (κ2) is 17.6. The molecular formula is C47H56F6N4O3. The zero-order valence-corrected chi connectivity index (χ0v) is 35.0. The van der Waals surface area contributed by atoms with Crippen LogP contribution in [0.15, 0.2) is 60.9 Å². The van der Waals surface area contributed by atoms with Gasteiger partial charge in [-0.25, -0.2) is 23.1 Å². The van der Waals surface area contributed by atoms with Crippen molar-refractivity contribution in [3.63, 3.8) is 0 Å². The van der Waals surface area contributed by atoms with Crippen molar-refractivity contribution in [1.82, 2.24) is 15.0 Å². The van der Waals surface area contributed by atoms with Crippen molar-refractivity contribution in [2.24, 2.45) is 11.3 Å². The normalized spacial score (nSPS) is 20.8. The number of aliphatic hydroxyl groups is 1. The maximum absolute atomic E-state index is 17.8. The molecule has 0 bridgehead atoms. The van der Waals surface area contributed by atoms with E-state index in [-0.39, 0.29) is 54.7 Å². The number of hydrogen-bond donors (Lipinski definition) is 1. The van der Waals surface area contributed by atoms with E-state index in [0.717, 1.165) is 29.0 Å². The van der Waals surface area contributed by atoms with Crippen LogP contribution < -0.4 is 9.64 Å². The van der Waals surface area contributed by atoms with E-state index in [0.29, 0.717) is 79.6 Å². The number of nitrogens with zero attached hydrogens (tertiary/aromatic N) is 4. The first-order chi connectivity index (χ1) is 28.4. The highest BCUT2D eigenvalue weighted by Crippen LogP contribution is 2.53. The Balaban J connectivity index is 1.31. The van der Waals surface area contributed by atoms with Gasteiger partial charge in [0.2, 0.25) is 11.9 Å². The van der Waals surface area contributed by atoms with E-state index in [2.05, 4.69) is 23.8 Å². The quantitative estimate of drug-likeness (QED) is 0.142. The number of anilines is 1. The third-order valence-corrected chi connectivity index (χ3v) is 12.6. The highest BCUT2D eigenvalue weighted by atomic mass is 19.4. The van der Waals surface area contributed by atoms with Crippen LogP contribution in [0.25, 0.3) is 0 Å². The molecule has 7 nitrogen and oxygen atoms in total. The SMILES string of the molecule is COc1ccc(CO[C@H]2CC(C)(C)Cc3nc(C4CCN(c5ncc(C(O)CC(C)C)cn5)CC4)c(C(F)c4ccc(C(F)(F)F)cc4)c(C4CCC(F)(F)CC4)c32)cc1. The molecule has 2 fully saturated rings. The number of benzene rings is 2. The van der Waals surface area contributed by atoms with E-state index in [4.69, 9.17) is 14.5 Å². The van der Waals surface area contributed by atoms with E-state index in [1.807, 2.05) is 43.0 Å². The number of hydrogen-bond acceptors (Lipinski definition) is 7. The predicted octanol–water partition coefficient (Wildman–Crippen LogP) is 11.9. The van der Waals surface area contributed by atoms with Crippen molar-refractivity contribution in [1.29, 1.82) is 0 Å². The molecule has 2 aromatic carbocycles. The van der Waals surface area contributed by atoms with Gasteiger partial charge in [0.1, 0.15) is 5.75 Å². The summed E-state index contributed by atoms with van der Waals surface area (Å²) in [5.41, 5.74) is 3.38. The van der Waals surface area contributed by atoms with Gasteiger partial charge in [-0.1, -0.05) is 52.0 Å². The zero-order chi connectivity index (χ0) is 43.0. The van der Waals surface area contributed by atoms with Crippen molar-refractivity contribution >= 4 is 5.95 Å². The van der Waals surface area contributed by atoms with E-state index >= 15 is 4.39 Å². The van der Waals surface area contributed by atoms with Crippen LogP contribution in [0.1, 0.15) is 160 Å². The molecule has 7 rings (SSSR count). The van der Waals surface area contributed by atoms with Gasteiger partial charge in [0.05, 0.1) is 37.2 Å². The molecule has 0 radical (unpaired) electrons. The van der Waals surface area contributed by atoms with Crippen LogP contribution in [0.3, 0.4) is 0 Å². The van der Waals surface area contributed by atoms with E-state index < -0.39 is 42.0 Å². The van der Waals surface area contributed by atoms with Crippen LogP contribution in [0, 0.1) is 11.3 Å². The minimum Gasteiger partial charge on any atom is -0.497 e. The van der Waals surface area contributed by atoms with Crippen molar-refractivity contribution in [3.8, 4) is 5.75 Å². The molecule has 0 amide bonds. The molecule has 324 valence electrons. The van der Waals surface area contributed by atoms with Gasteiger partial charge in [0.25, 0.3) is 0 Å². The van der Waals surface area contributed by atoms with Crippen molar-refractivity contribution in [2.75, 3.05) is 25.1 Å². The maximum Gasteiger partial charge on any atom is 0.416 e. The number of rotatable bonds is 12. The summed E-state index contributed by atoms with van der Waals surface area (Å²) in [6.45, 7) is 9.64. The van der Waals surface area contributed by atoms with Crippen molar-refractivity contribution in [2.45, 2.75) is 134 Å². The number of halogens is 6. The van der Waals surface area contributed by atoms with Crippen molar-refractivity contribution < 1.29 is 40.9 Å². The topological polar surface area (TPSA) is 80.6 Å². The molecule has 0 spiro atoms. The molecule has 60 heavy (non-hydrogen) atoms. The third kappa shape index (κ3) is 9.93. The average molecular weight is 839 g/mol. The lowest BCUT2D eigenvalue weighted by molar-refractivity contribution is -0.137. The molecule has 2 aliphatic carbocycles. The number of aromatic nitrogens is 3. The van der Waals surface area contributed by atoms with Gasteiger partial charge in [-0.05, 0) is 103 Å². The van der Waals surface area contributed by atoms with Gasteiger partial charge >= 0.3 is 6.18 Å². The Morgan fingerprint density at radius 1 is 0.867 bits per heavy atom. The van der Waals surface area contributed by atoms with E-state index in [1.54, 1.807) is 19.5 Å². The lowest BCUT2D eigenvalue weighted by Crippen LogP contribution is -2.36. The van der Waals surface area contributed by atoms with Crippen molar-refractivity contribution in [3.05, 3.63) is 111 Å². The molecule has 13 heteroatoms. The van der Waals surface area contributed by atoms with Gasteiger partial charge in [0.15, 0.2) is 6.17 Å². The second-order valence-electron chi connectivity index (χ2n) is 18.2. The molecule has 3 atom stereocenters. The third-order valence-electron chi connectivity index (χ3n) is 12.6. The Kier molecular flexibility index (Phi) is 12.9. The predicted molar refractivity (Wildman–Crippen MR) is 218 cm³/mol. The molecule has 4 aromatic rings. The summed E-state index contributed by atoms with van der Waals surface area (Å²) in [5, 5.41) is 10.6. The van der Waals surface area contributed by atoms with Crippen LogP contribution in [0.2, 0.25) is 0 Å². The number of piperidine rings is 1. The smallest absolute Gasteiger partial charge is 0.416 e. The Morgan fingerprint density at radius 3 is 2.08 bits per heavy atom. The maximum atomic E-state index is 17.8. The summed E-state index contributed by atoms with van der Waals surface area (Å²) >= 11 is 0. The first-order valence-electron chi connectivity index (χ1n) is 21.2. The fourth-order valence-corrected chi connectivity index (χ4v) is 9.34. The number of pyridine rings is 1. The molecule has 2 aromatic heterocycles. The number of alkyl halides is 6. The first-order valence-corrected chi connectivity index (χ1v) is 21.2. The molecular weight excluding hydrogens is 783 g/mol. The Hall–Kier alpha value is -4.23. The fourth-order valence-electron chi connectivity index (χ4n) is 9.34. The van der Waals surface area contributed by atoms with E-state index in [9.17, 15) is 27.1 Å². The average Bonchev–Trinajstić information content (AvgIpc) is 3.21. The lowest BCUT2D eigenvalue weighted by atomic mass is 9.68. The van der Waals surface area contributed by atoms with Gasteiger partial charge in [0, 0.05) is 66.6 Å². The summed E-state index contributed by atoms with van der Waals surface area (Å²) in [6.07, 6.45) is -1.99. The Labute approximate surface area is 349 Å². The lowest BCUT2D eigenvalue weighted by Gasteiger charge is -2.42. The number of fused-ring (bicyclic) bond motifs is 1. The minimum atomic E-state index is -4.60. The summed E-state index contributed by atoms with van der Waals surface area (Å²) in [5.74, 6) is -2.01. The monoisotopic (exact) mass is 838 g/mol. The van der Waals surface area contributed by atoms with E-state index in [1.165, 1.54) is 12.1 Å². The summed E-state index contributed by atoms with van der Waals surface area (Å²) < 4.78 is 101. The van der Waals surface area contributed by atoms with Crippen LogP contribution in [0.4, 0.5) is 32.3 Å². The Morgan fingerprint density at radius 2 is 1.50 bits per heavy atom. The standard InChI is InChI=1S/C47H56F6N4O3/c1-28(2)22-37(58)33-25-54-44(55-26-33)57-20-16-32(17-21-57)43-41(42(48)31-8-10-34(11-9-31)47(51,52)53)39(30-14-18-46(49,50)19-15-30)40-36(56-43)23-45(3,4)24-38(40)60-27-29-6-12-35(59-5)13-7-29/h6-13,25-26,28,30,32,37-38,42,58H,14-24,27H2,1-5H3/t37?,38-,42?/m0/s1. The molecule has 2 unspecified atom stereocenters. The second-order valence-corrected chi connectivity index (χ2v) is 18.2. The summed E-state index contributed by atoms with van der Waals surface area (Å²) in [6, 6.07) is 11.7. The molecule has 3 heterocycles. The summed E-state index contributed by atoms with van der Waals surface area (Å²) in [7, 11) is 1.59. The van der Waals surface area contributed by atoms with Gasteiger partial charge < -0.3 is 19.5 Å². The number of methoxy groups -OCH3 is 1. The number of aliphatic hydroxyl groups excluding tert-OH is 1. The largest absolute Gasteiger partial charge is 0.497 e. The van der Waals surface area contributed by atoms with Crippen LogP contribution >= 0.6 is 0 Å². The fraction of sp³-hybridized carbons (Fsp3) is 0.553. The minimum absolute atomic E-state index is 0.0470. The molecule has 3 aliphatic rings. The first kappa shape index (κ1) is 43.8. The van der Waals surface area contributed by atoms with Gasteiger partial charge in [-0.2, -0.15) is 13.2 Å². The molecule has 1 N–H and O–H groups in total. The Bertz CT molecular complexity index is 2060. The number of ether oxygens (including phenoxy) is 2. The zero-order valence-electron chi connectivity index (χ0n) is 35.0. The molecule has 1 aliphatic heterocycles. The van der Waals surface area contributed by atoms with Crippen LogP contribution in [0.5, 0.6) is 5.75 Å². The molecule has 1 saturated heterocycles. The highest BCUT2D eigenvalue weighted by Gasteiger charge is 2.44. The molecule has 1 saturated carbocycles. The van der Waals surface area contributed by atoms with Crippen LogP contribution in [-0.2, 0) is 23.9 Å². The van der Waals surface area contributed by atoms with Gasteiger partial charge in [-0.15, -0.1) is 0 Å². The van der Waals surface area contributed by atoms with Crippen LogP contribution in [-0.4, -0.2) is 46.2 Å². The summed E-state index contributed by atoms with van der Waals surface area (Å²) in [4.78, 5) is 16.6.